The van der Waals surface area contributed by atoms with Gasteiger partial charge in [-0.15, -0.1) is 0 Å². The highest BCUT2D eigenvalue weighted by Crippen LogP contribution is 2.26. The number of nitrogens with one attached hydrogen (secondary N) is 1. The maximum atomic E-state index is 12.2. The molecule has 0 unspecified atom stereocenters. The van der Waals surface area contributed by atoms with E-state index >= 15 is 0 Å². The summed E-state index contributed by atoms with van der Waals surface area (Å²) in [6.45, 7) is 0. The van der Waals surface area contributed by atoms with Gasteiger partial charge in [-0.2, -0.15) is 5.10 Å². The zero-order chi connectivity index (χ0) is 15.6. The predicted molar refractivity (Wildman–Crippen MR) is 78.5 cm³/mol. The van der Waals surface area contributed by atoms with E-state index in [9.17, 15) is 14.9 Å². The zero-order valence-electron chi connectivity index (χ0n) is 11.2. The first kappa shape index (κ1) is 15.0. The highest BCUT2D eigenvalue weighted by atomic mass is 79.9. The summed E-state index contributed by atoms with van der Waals surface area (Å²) in [5.74, 6) is -0.159. The number of benzene rings is 1. The van der Waals surface area contributed by atoms with E-state index < -0.39 is 10.8 Å². The maximum Gasteiger partial charge on any atom is 0.275 e. The van der Waals surface area contributed by atoms with Gasteiger partial charge < -0.3 is 10.1 Å². The largest absolute Gasteiger partial charge is 0.496 e. The SMILES string of the molecule is COc1cc(NC(=O)c2c(Br)cnn2C)cc([N+](=O)[O-])c1. The van der Waals surface area contributed by atoms with Crippen molar-refractivity contribution in [1.29, 1.82) is 0 Å². The number of halogens is 1. The minimum Gasteiger partial charge on any atom is -0.496 e. The van der Waals surface area contributed by atoms with Crippen molar-refractivity contribution in [1.82, 2.24) is 9.78 Å². The summed E-state index contributed by atoms with van der Waals surface area (Å²) in [5.41, 5.74) is 0.397. The Morgan fingerprint density at radius 1 is 1.48 bits per heavy atom. The van der Waals surface area contributed by atoms with E-state index in [0.29, 0.717) is 10.2 Å². The highest BCUT2D eigenvalue weighted by molar-refractivity contribution is 9.10. The number of rotatable bonds is 4. The molecule has 8 nitrogen and oxygen atoms in total. The number of nitro benzene ring substituents is 1. The van der Waals surface area contributed by atoms with Crippen molar-refractivity contribution in [3.05, 3.63) is 44.7 Å². The van der Waals surface area contributed by atoms with Crippen molar-refractivity contribution in [2.24, 2.45) is 7.05 Å². The first-order chi connectivity index (χ1) is 9.92. The molecule has 1 heterocycles. The number of hydrogen-bond acceptors (Lipinski definition) is 5. The van der Waals surface area contributed by atoms with Crippen LogP contribution >= 0.6 is 15.9 Å². The van der Waals surface area contributed by atoms with Gasteiger partial charge in [-0.05, 0) is 15.9 Å². The van der Waals surface area contributed by atoms with Crippen LogP contribution in [0, 0.1) is 10.1 Å². The Morgan fingerprint density at radius 3 is 2.71 bits per heavy atom. The summed E-state index contributed by atoms with van der Waals surface area (Å²) >= 11 is 3.22. The molecule has 0 fully saturated rings. The van der Waals surface area contributed by atoms with Crippen LogP contribution < -0.4 is 10.1 Å². The van der Waals surface area contributed by atoms with Crippen LogP contribution in [-0.2, 0) is 7.05 Å². The number of amides is 1. The van der Waals surface area contributed by atoms with Crippen molar-refractivity contribution in [3.8, 4) is 5.75 Å². The summed E-state index contributed by atoms with van der Waals surface area (Å²) in [6.07, 6.45) is 1.49. The Balaban J connectivity index is 2.33. The molecular weight excluding hydrogens is 344 g/mol. The third kappa shape index (κ3) is 3.19. The number of hydrogen-bond donors (Lipinski definition) is 1. The molecule has 1 aromatic carbocycles. The number of aromatic nitrogens is 2. The molecule has 0 saturated heterocycles. The van der Waals surface area contributed by atoms with E-state index in [1.807, 2.05) is 0 Å². The van der Waals surface area contributed by atoms with Crippen LogP contribution in [0.1, 0.15) is 10.5 Å². The normalized spacial score (nSPS) is 10.2. The zero-order valence-corrected chi connectivity index (χ0v) is 12.7. The van der Waals surface area contributed by atoms with Gasteiger partial charge in [0.2, 0.25) is 0 Å². The highest BCUT2D eigenvalue weighted by Gasteiger charge is 2.17. The summed E-state index contributed by atoms with van der Waals surface area (Å²) in [7, 11) is 3.01. The van der Waals surface area contributed by atoms with Crippen LogP contribution in [0.4, 0.5) is 11.4 Å². The van der Waals surface area contributed by atoms with Gasteiger partial charge in [-0.1, -0.05) is 0 Å². The lowest BCUT2D eigenvalue weighted by Crippen LogP contribution is -2.16. The summed E-state index contributed by atoms with van der Waals surface area (Å²) < 4.78 is 6.91. The number of nitro groups is 1. The van der Waals surface area contributed by atoms with E-state index in [-0.39, 0.29) is 17.1 Å². The fourth-order valence-corrected chi connectivity index (χ4v) is 2.26. The van der Waals surface area contributed by atoms with Gasteiger partial charge in [-0.25, -0.2) is 0 Å². The minimum absolute atomic E-state index is 0.172. The van der Waals surface area contributed by atoms with Gasteiger partial charge >= 0.3 is 0 Å². The second kappa shape index (κ2) is 5.92. The standard InChI is InChI=1S/C12H11BrN4O4/c1-16-11(10(13)6-14-16)12(18)15-7-3-8(17(19)20)5-9(4-7)21-2/h3-6H,1-2H3,(H,15,18). The molecule has 0 spiro atoms. The molecule has 0 aliphatic heterocycles. The lowest BCUT2D eigenvalue weighted by molar-refractivity contribution is -0.384. The topological polar surface area (TPSA) is 99.3 Å². The Hall–Kier alpha value is -2.42. The Morgan fingerprint density at radius 2 is 2.19 bits per heavy atom. The van der Waals surface area contributed by atoms with E-state index in [4.69, 9.17) is 4.74 Å². The molecule has 21 heavy (non-hydrogen) atoms. The molecule has 0 saturated carbocycles. The monoisotopic (exact) mass is 354 g/mol. The third-order valence-corrected chi connectivity index (χ3v) is 3.29. The van der Waals surface area contributed by atoms with Gasteiger partial charge in [0.15, 0.2) is 0 Å². The Labute approximate surface area is 128 Å². The second-order valence-corrected chi connectivity index (χ2v) is 4.95. The van der Waals surface area contributed by atoms with Crippen LogP contribution in [-0.4, -0.2) is 27.7 Å². The number of anilines is 1. The molecule has 2 aromatic rings. The molecule has 0 bridgehead atoms. The molecule has 9 heteroatoms. The van der Waals surface area contributed by atoms with Crippen LogP contribution in [0.5, 0.6) is 5.75 Å². The van der Waals surface area contributed by atoms with Crippen molar-refractivity contribution in [2.75, 3.05) is 12.4 Å². The third-order valence-electron chi connectivity index (χ3n) is 2.70. The molecular formula is C12H11BrN4O4. The molecule has 0 aliphatic rings. The number of nitrogens with zero attached hydrogens (tertiary/aromatic N) is 3. The van der Waals surface area contributed by atoms with Crippen molar-refractivity contribution >= 4 is 33.2 Å². The molecule has 2 rings (SSSR count). The molecule has 1 aromatic heterocycles. The van der Waals surface area contributed by atoms with Gasteiger partial charge in [-0.3, -0.25) is 19.6 Å². The molecule has 0 aliphatic carbocycles. The lowest BCUT2D eigenvalue weighted by atomic mass is 10.2. The fraction of sp³-hybridized carbons (Fsp3) is 0.167. The average molecular weight is 355 g/mol. The van der Waals surface area contributed by atoms with Crippen molar-refractivity contribution in [3.63, 3.8) is 0 Å². The molecule has 0 radical (unpaired) electrons. The molecule has 1 N–H and O–H groups in total. The van der Waals surface area contributed by atoms with Crippen LogP contribution in [0.2, 0.25) is 0 Å². The smallest absolute Gasteiger partial charge is 0.275 e. The van der Waals surface area contributed by atoms with Crippen molar-refractivity contribution in [2.45, 2.75) is 0 Å². The quantitative estimate of drug-likeness (QED) is 0.670. The maximum absolute atomic E-state index is 12.2. The van der Waals surface area contributed by atoms with Gasteiger partial charge in [0, 0.05) is 19.2 Å². The molecule has 1 amide bonds. The van der Waals surface area contributed by atoms with Crippen LogP contribution in [0.3, 0.4) is 0 Å². The second-order valence-electron chi connectivity index (χ2n) is 4.10. The number of ether oxygens (including phenoxy) is 1. The lowest BCUT2D eigenvalue weighted by Gasteiger charge is -2.08. The van der Waals surface area contributed by atoms with Gasteiger partial charge in [0.1, 0.15) is 11.4 Å². The van der Waals surface area contributed by atoms with E-state index in [1.54, 1.807) is 7.05 Å². The average Bonchev–Trinajstić information content (AvgIpc) is 2.77. The van der Waals surface area contributed by atoms with E-state index in [1.165, 1.54) is 36.2 Å². The minimum atomic E-state index is -0.557. The molecule has 110 valence electrons. The summed E-state index contributed by atoms with van der Waals surface area (Å²) in [5, 5.41) is 17.4. The van der Waals surface area contributed by atoms with Crippen LogP contribution in [0.15, 0.2) is 28.9 Å². The van der Waals surface area contributed by atoms with Crippen molar-refractivity contribution < 1.29 is 14.5 Å². The first-order valence-electron chi connectivity index (χ1n) is 5.74. The van der Waals surface area contributed by atoms with Gasteiger partial charge in [0.25, 0.3) is 11.6 Å². The first-order valence-corrected chi connectivity index (χ1v) is 6.54. The Bertz CT molecular complexity index is 694. The number of carbonyl (C=O) groups is 1. The van der Waals surface area contributed by atoms with Gasteiger partial charge in [0.05, 0.1) is 34.5 Å². The number of aryl methyl sites for hydroxylation is 1. The van der Waals surface area contributed by atoms with E-state index in [0.717, 1.165) is 0 Å². The fourth-order valence-electron chi connectivity index (χ4n) is 1.74. The predicted octanol–water partition coefficient (Wildman–Crippen LogP) is 2.35. The summed E-state index contributed by atoms with van der Waals surface area (Å²) in [4.78, 5) is 22.5. The summed E-state index contributed by atoms with van der Waals surface area (Å²) in [6, 6.07) is 4.02. The molecule has 0 atom stereocenters. The number of non-ortho nitro benzene ring substituents is 1. The van der Waals surface area contributed by atoms with E-state index in [2.05, 4.69) is 26.3 Å². The number of carbonyl (C=O) groups excluding carboxylic acids is 1. The number of methoxy groups -OCH3 is 1. The Kier molecular flexibility index (Phi) is 4.22. The van der Waals surface area contributed by atoms with Crippen LogP contribution in [0.25, 0.3) is 0 Å².